The molecule has 1 aliphatic heterocycles. The molecule has 0 bridgehead atoms. The Kier molecular flexibility index (Phi) is 4.79. The molecule has 1 amide bonds. The Bertz CT molecular complexity index is 523. The van der Waals surface area contributed by atoms with E-state index in [2.05, 4.69) is 34.5 Å². The van der Waals surface area contributed by atoms with Crippen molar-refractivity contribution in [2.75, 3.05) is 6.54 Å². The van der Waals surface area contributed by atoms with Gasteiger partial charge in [-0.2, -0.15) is 0 Å². The van der Waals surface area contributed by atoms with Gasteiger partial charge in [-0.3, -0.25) is 9.69 Å². The van der Waals surface area contributed by atoms with E-state index >= 15 is 0 Å². The van der Waals surface area contributed by atoms with Crippen molar-refractivity contribution in [2.24, 2.45) is 5.73 Å². The Morgan fingerprint density at radius 2 is 1.91 bits per heavy atom. The number of benzene rings is 1. The maximum absolute atomic E-state index is 12.5. The SMILES string of the molecule is CC(C(=O)NC1CCC(N)CC1)N1CCc2ccccc2C1. The second kappa shape index (κ2) is 6.80. The predicted molar refractivity (Wildman–Crippen MR) is 88.4 cm³/mol. The summed E-state index contributed by atoms with van der Waals surface area (Å²) in [4.78, 5) is 14.8. The molecule has 4 nitrogen and oxygen atoms in total. The van der Waals surface area contributed by atoms with Crippen molar-refractivity contribution in [3.05, 3.63) is 35.4 Å². The molecule has 1 aromatic carbocycles. The first-order valence-electron chi connectivity index (χ1n) is 8.50. The Morgan fingerprint density at radius 3 is 2.64 bits per heavy atom. The minimum absolute atomic E-state index is 0.0658. The minimum atomic E-state index is -0.0658. The summed E-state index contributed by atoms with van der Waals surface area (Å²) in [5, 5.41) is 3.22. The van der Waals surface area contributed by atoms with E-state index in [1.807, 2.05) is 6.92 Å². The Labute approximate surface area is 133 Å². The molecular formula is C18H27N3O. The molecule has 0 saturated heterocycles. The third-order valence-electron chi connectivity index (χ3n) is 5.21. The molecule has 1 aliphatic carbocycles. The van der Waals surface area contributed by atoms with Crippen LogP contribution in [0.1, 0.15) is 43.7 Å². The van der Waals surface area contributed by atoms with Crippen LogP contribution in [-0.4, -0.2) is 35.5 Å². The van der Waals surface area contributed by atoms with Crippen LogP contribution in [0.25, 0.3) is 0 Å². The van der Waals surface area contributed by atoms with E-state index in [9.17, 15) is 4.79 Å². The van der Waals surface area contributed by atoms with Crippen molar-refractivity contribution in [1.82, 2.24) is 10.2 Å². The first-order chi connectivity index (χ1) is 10.6. The fourth-order valence-corrected chi connectivity index (χ4v) is 3.60. The highest BCUT2D eigenvalue weighted by atomic mass is 16.2. The summed E-state index contributed by atoms with van der Waals surface area (Å²) in [6, 6.07) is 9.12. The van der Waals surface area contributed by atoms with Crippen LogP contribution in [0.15, 0.2) is 24.3 Å². The topological polar surface area (TPSA) is 58.4 Å². The quantitative estimate of drug-likeness (QED) is 0.895. The van der Waals surface area contributed by atoms with Crippen LogP contribution >= 0.6 is 0 Å². The molecule has 1 heterocycles. The molecule has 2 aliphatic rings. The molecule has 1 aromatic rings. The van der Waals surface area contributed by atoms with Crippen molar-refractivity contribution < 1.29 is 4.79 Å². The van der Waals surface area contributed by atoms with E-state index in [0.717, 1.165) is 45.2 Å². The van der Waals surface area contributed by atoms with Gasteiger partial charge in [0, 0.05) is 25.2 Å². The summed E-state index contributed by atoms with van der Waals surface area (Å²) < 4.78 is 0. The lowest BCUT2D eigenvalue weighted by Gasteiger charge is -2.34. The molecule has 3 N–H and O–H groups in total. The van der Waals surface area contributed by atoms with Crippen molar-refractivity contribution in [3.8, 4) is 0 Å². The van der Waals surface area contributed by atoms with Crippen LogP contribution in [0.5, 0.6) is 0 Å². The smallest absolute Gasteiger partial charge is 0.237 e. The number of carbonyl (C=O) groups excluding carboxylic acids is 1. The maximum atomic E-state index is 12.5. The van der Waals surface area contributed by atoms with Gasteiger partial charge in [0.1, 0.15) is 0 Å². The van der Waals surface area contributed by atoms with Crippen molar-refractivity contribution in [1.29, 1.82) is 0 Å². The van der Waals surface area contributed by atoms with Crippen molar-refractivity contribution in [2.45, 2.75) is 63.7 Å². The van der Waals surface area contributed by atoms with Gasteiger partial charge in [0.15, 0.2) is 0 Å². The standard InChI is InChI=1S/C18H27N3O/c1-13(18(22)20-17-8-6-16(19)7-9-17)21-11-10-14-4-2-3-5-15(14)12-21/h2-5,13,16-17H,6-12,19H2,1H3,(H,20,22). The van der Waals surface area contributed by atoms with Gasteiger partial charge in [-0.25, -0.2) is 0 Å². The molecule has 1 fully saturated rings. The molecule has 0 radical (unpaired) electrons. The van der Waals surface area contributed by atoms with E-state index < -0.39 is 0 Å². The van der Waals surface area contributed by atoms with Gasteiger partial charge in [0.25, 0.3) is 0 Å². The molecule has 1 saturated carbocycles. The summed E-state index contributed by atoms with van der Waals surface area (Å²) in [6.07, 6.45) is 5.11. The average molecular weight is 301 g/mol. The number of hydrogen-bond acceptors (Lipinski definition) is 3. The first kappa shape index (κ1) is 15.5. The molecule has 4 heteroatoms. The van der Waals surface area contributed by atoms with Crippen LogP contribution in [0.2, 0.25) is 0 Å². The summed E-state index contributed by atoms with van der Waals surface area (Å²) in [5.74, 6) is 0.167. The number of rotatable bonds is 3. The van der Waals surface area contributed by atoms with E-state index in [4.69, 9.17) is 5.73 Å². The lowest BCUT2D eigenvalue weighted by molar-refractivity contribution is -0.127. The number of nitrogens with zero attached hydrogens (tertiary/aromatic N) is 1. The number of amides is 1. The van der Waals surface area contributed by atoms with Gasteiger partial charge in [-0.05, 0) is 50.2 Å². The van der Waals surface area contributed by atoms with Crippen LogP contribution in [0, 0.1) is 0 Å². The molecule has 120 valence electrons. The number of nitrogens with one attached hydrogen (secondary N) is 1. The third kappa shape index (κ3) is 3.50. The average Bonchev–Trinajstić information content (AvgIpc) is 2.55. The zero-order chi connectivity index (χ0) is 15.5. The van der Waals surface area contributed by atoms with Gasteiger partial charge in [0.05, 0.1) is 6.04 Å². The highest BCUT2D eigenvalue weighted by Crippen LogP contribution is 2.21. The van der Waals surface area contributed by atoms with Crippen LogP contribution < -0.4 is 11.1 Å². The Morgan fingerprint density at radius 1 is 1.23 bits per heavy atom. The number of nitrogens with two attached hydrogens (primary N) is 1. The molecular weight excluding hydrogens is 274 g/mol. The summed E-state index contributed by atoms with van der Waals surface area (Å²) >= 11 is 0. The maximum Gasteiger partial charge on any atom is 0.237 e. The van der Waals surface area contributed by atoms with Gasteiger partial charge in [-0.1, -0.05) is 24.3 Å². The fourth-order valence-electron chi connectivity index (χ4n) is 3.60. The second-order valence-electron chi connectivity index (χ2n) is 6.79. The molecule has 3 rings (SSSR count). The molecule has 1 atom stereocenters. The second-order valence-corrected chi connectivity index (χ2v) is 6.79. The highest BCUT2D eigenvalue weighted by molar-refractivity contribution is 5.81. The van der Waals surface area contributed by atoms with Crippen LogP contribution in [0.3, 0.4) is 0 Å². The summed E-state index contributed by atoms with van der Waals surface area (Å²) in [6.45, 7) is 3.86. The van der Waals surface area contributed by atoms with Gasteiger partial charge in [0.2, 0.25) is 5.91 Å². The van der Waals surface area contributed by atoms with Gasteiger partial charge in [-0.15, -0.1) is 0 Å². The summed E-state index contributed by atoms with van der Waals surface area (Å²) in [7, 11) is 0. The van der Waals surface area contributed by atoms with E-state index in [1.165, 1.54) is 11.1 Å². The zero-order valence-electron chi connectivity index (χ0n) is 13.4. The normalized spacial score (nSPS) is 27.0. The molecule has 22 heavy (non-hydrogen) atoms. The van der Waals surface area contributed by atoms with Crippen LogP contribution in [0.4, 0.5) is 0 Å². The lowest BCUT2D eigenvalue weighted by atomic mass is 9.91. The first-order valence-corrected chi connectivity index (χ1v) is 8.50. The minimum Gasteiger partial charge on any atom is -0.352 e. The van der Waals surface area contributed by atoms with Crippen molar-refractivity contribution in [3.63, 3.8) is 0 Å². The molecule has 0 aromatic heterocycles. The monoisotopic (exact) mass is 301 g/mol. The third-order valence-corrected chi connectivity index (χ3v) is 5.21. The van der Waals surface area contributed by atoms with E-state index in [0.29, 0.717) is 12.1 Å². The van der Waals surface area contributed by atoms with Gasteiger partial charge >= 0.3 is 0 Å². The molecule has 0 spiro atoms. The lowest BCUT2D eigenvalue weighted by Crippen LogP contribution is -2.50. The number of hydrogen-bond donors (Lipinski definition) is 2. The summed E-state index contributed by atoms with van der Waals surface area (Å²) in [5.41, 5.74) is 8.71. The largest absolute Gasteiger partial charge is 0.352 e. The number of carbonyl (C=O) groups is 1. The Balaban J connectivity index is 1.55. The van der Waals surface area contributed by atoms with Crippen molar-refractivity contribution >= 4 is 5.91 Å². The van der Waals surface area contributed by atoms with Crippen LogP contribution in [-0.2, 0) is 17.8 Å². The van der Waals surface area contributed by atoms with E-state index in [1.54, 1.807) is 0 Å². The highest BCUT2D eigenvalue weighted by Gasteiger charge is 2.27. The number of fused-ring (bicyclic) bond motifs is 1. The fraction of sp³-hybridized carbons (Fsp3) is 0.611. The van der Waals surface area contributed by atoms with Gasteiger partial charge < -0.3 is 11.1 Å². The zero-order valence-corrected chi connectivity index (χ0v) is 13.4. The van der Waals surface area contributed by atoms with E-state index in [-0.39, 0.29) is 11.9 Å². The predicted octanol–water partition coefficient (Wildman–Crippen LogP) is 1.82. The molecule has 1 unspecified atom stereocenters. The Hall–Kier alpha value is -1.39.